The van der Waals surface area contributed by atoms with Crippen LogP contribution in [-0.4, -0.2) is 45.6 Å². The first-order valence-electron chi connectivity index (χ1n) is 8.53. The molecule has 0 radical (unpaired) electrons. The van der Waals surface area contributed by atoms with Crippen molar-refractivity contribution in [1.29, 1.82) is 0 Å². The molecular weight excluding hydrogens is 342 g/mol. The van der Waals surface area contributed by atoms with Crippen molar-refractivity contribution in [3.8, 4) is 0 Å². The molecule has 0 aliphatic heterocycles. The fourth-order valence-electron chi connectivity index (χ4n) is 2.57. The van der Waals surface area contributed by atoms with E-state index in [-0.39, 0.29) is 11.8 Å². The van der Waals surface area contributed by atoms with E-state index in [2.05, 4.69) is 15.4 Å². The normalized spacial score (nSPS) is 10.4. The number of nitrogens with zero attached hydrogens (tertiary/aromatic N) is 4. The molecule has 1 aromatic heterocycles. The van der Waals surface area contributed by atoms with Gasteiger partial charge in [-0.25, -0.2) is 9.67 Å². The molecule has 0 spiro atoms. The Morgan fingerprint density at radius 3 is 2.19 bits per heavy atom. The first kappa shape index (κ1) is 18.3. The summed E-state index contributed by atoms with van der Waals surface area (Å²) in [7, 11) is 3.43. The molecule has 3 aromatic rings. The third-order valence-corrected chi connectivity index (χ3v) is 4.09. The summed E-state index contributed by atoms with van der Waals surface area (Å²) in [6.07, 6.45) is 3.14. The molecule has 3 rings (SSSR count). The molecule has 1 N–H and O–H groups in total. The fraction of sp³-hybridized carbons (Fsp3) is 0.200. The summed E-state index contributed by atoms with van der Waals surface area (Å²) in [6.45, 7) is 1.01. The molecule has 0 aliphatic rings. The van der Waals surface area contributed by atoms with Gasteiger partial charge in [0, 0.05) is 31.8 Å². The molecular formula is C20H21N5O2. The number of rotatable bonds is 6. The summed E-state index contributed by atoms with van der Waals surface area (Å²) >= 11 is 0. The van der Waals surface area contributed by atoms with Gasteiger partial charge in [0.1, 0.15) is 12.7 Å². The van der Waals surface area contributed by atoms with Gasteiger partial charge in [-0.2, -0.15) is 5.10 Å². The third-order valence-electron chi connectivity index (χ3n) is 4.09. The smallest absolute Gasteiger partial charge is 0.253 e. The van der Waals surface area contributed by atoms with E-state index in [0.29, 0.717) is 24.2 Å². The maximum atomic E-state index is 12.3. The van der Waals surface area contributed by atoms with Crippen LogP contribution in [0.25, 0.3) is 0 Å². The largest absolute Gasteiger partial charge is 0.348 e. The molecule has 27 heavy (non-hydrogen) atoms. The number of hydrogen-bond acceptors (Lipinski definition) is 4. The number of carbonyl (C=O) groups excluding carboxylic acids is 2. The second kappa shape index (κ2) is 8.27. The van der Waals surface area contributed by atoms with Crippen molar-refractivity contribution in [2.75, 3.05) is 14.1 Å². The van der Waals surface area contributed by atoms with Crippen molar-refractivity contribution in [3.63, 3.8) is 0 Å². The predicted molar refractivity (Wildman–Crippen MR) is 101 cm³/mol. The summed E-state index contributed by atoms with van der Waals surface area (Å²) in [5, 5.41) is 6.95. The lowest BCUT2D eigenvalue weighted by atomic mass is 10.1. The highest BCUT2D eigenvalue weighted by Crippen LogP contribution is 2.08. The van der Waals surface area contributed by atoms with E-state index in [1.165, 1.54) is 11.2 Å². The van der Waals surface area contributed by atoms with Gasteiger partial charge in [-0.15, -0.1) is 0 Å². The van der Waals surface area contributed by atoms with Gasteiger partial charge in [-0.3, -0.25) is 9.59 Å². The number of nitrogens with one attached hydrogen (secondary N) is 1. The van der Waals surface area contributed by atoms with Crippen molar-refractivity contribution < 1.29 is 9.59 Å². The Bertz CT molecular complexity index is 901. The number of hydrogen-bond donors (Lipinski definition) is 1. The first-order valence-corrected chi connectivity index (χ1v) is 8.53. The highest BCUT2D eigenvalue weighted by Gasteiger charge is 2.08. The average molecular weight is 363 g/mol. The Labute approximate surface area is 157 Å². The van der Waals surface area contributed by atoms with E-state index >= 15 is 0 Å². The Hall–Kier alpha value is -3.48. The zero-order valence-electron chi connectivity index (χ0n) is 15.3. The maximum Gasteiger partial charge on any atom is 0.253 e. The molecule has 0 saturated heterocycles. The number of benzene rings is 2. The van der Waals surface area contributed by atoms with Crippen LogP contribution in [0, 0.1) is 0 Å². The Morgan fingerprint density at radius 1 is 0.963 bits per heavy atom. The van der Waals surface area contributed by atoms with Crippen LogP contribution in [0.4, 0.5) is 0 Å². The van der Waals surface area contributed by atoms with Gasteiger partial charge in [0.2, 0.25) is 0 Å². The van der Waals surface area contributed by atoms with E-state index in [4.69, 9.17) is 0 Å². The van der Waals surface area contributed by atoms with Crippen LogP contribution in [0.1, 0.15) is 31.8 Å². The zero-order chi connectivity index (χ0) is 19.2. The maximum absolute atomic E-state index is 12.3. The monoisotopic (exact) mass is 363 g/mol. The Balaban J connectivity index is 1.55. The van der Waals surface area contributed by atoms with Crippen molar-refractivity contribution in [3.05, 3.63) is 83.4 Å². The molecule has 2 aromatic carbocycles. The first-order chi connectivity index (χ1) is 13.0. The van der Waals surface area contributed by atoms with Crippen LogP contribution < -0.4 is 5.32 Å². The van der Waals surface area contributed by atoms with Gasteiger partial charge in [0.05, 0.1) is 6.54 Å². The molecule has 0 aliphatic carbocycles. The second-order valence-electron chi connectivity index (χ2n) is 6.37. The average Bonchev–Trinajstić information content (AvgIpc) is 3.19. The lowest BCUT2D eigenvalue weighted by Crippen LogP contribution is -2.23. The fourth-order valence-corrected chi connectivity index (χ4v) is 2.57. The lowest BCUT2D eigenvalue weighted by molar-refractivity contribution is 0.0827. The predicted octanol–water partition coefficient (Wildman–Crippen LogP) is 1.96. The van der Waals surface area contributed by atoms with E-state index in [0.717, 1.165) is 11.1 Å². The minimum atomic E-state index is -0.143. The lowest BCUT2D eigenvalue weighted by Gasteiger charge is -2.11. The van der Waals surface area contributed by atoms with Crippen molar-refractivity contribution in [1.82, 2.24) is 25.0 Å². The molecule has 0 fully saturated rings. The summed E-state index contributed by atoms with van der Waals surface area (Å²) in [6, 6.07) is 14.6. The number of amides is 2. The second-order valence-corrected chi connectivity index (χ2v) is 6.37. The van der Waals surface area contributed by atoms with Crippen LogP contribution in [0.3, 0.4) is 0 Å². The minimum Gasteiger partial charge on any atom is -0.348 e. The van der Waals surface area contributed by atoms with Crippen LogP contribution in [-0.2, 0) is 13.1 Å². The Kier molecular flexibility index (Phi) is 5.61. The van der Waals surface area contributed by atoms with Gasteiger partial charge in [0.15, 0.2) is 0 Å². The SMILES string of the molecule is CN(C)C(=O)c1ccc(CNC(=O)c2ccc(Cn3cncn3)cc2)cc1. The molecule has 2 amide bonds. The van der Waals surface area contributed by atoms with Crippen molar-refractivity contribution in [2.24, 2.45) is 0 Å². The summed E-state index contributed by atoms with van der Waals surface area (Å²) in [5.41, 5.74) is 3.19. The third kappa shape index (κ3) is 4.78. The van der Waals surface area contributed by atoms with Crippen molar-refractivity contribution >= 4 is 11.8 Å². The van der Waals surface area contributed by atoms with E-state index in [1.54, 1.807) is 49.4 Å². The molecule has 7 heteroatoms. The quantitative estimate of drug-likeness (QED) is 0.726. The topological polar surface area (TPSA) is 80.1 Å². The molecule has 0 saturated carbocycles. The van der Waals surface area contributed by atoms with E-state index in [9.17, 15) is 9.59 Å². The molecule has 1 heterocycles. The van der Waals surface area contributed by atoms with Gasteiger partial charge in [0.25, 0.3) is 11.8 Å². The highest BCUT2D eigenvalue weighted by molar-refractivity contribution is 5.94. The van der Waals surface area contributed by atoms with Crippen LogP contribution in [0.2, 0.25) is 0 Å². The number of carbonyl (C=O) groups is 2. The van der Waals surface area contributed by atoms with Gasteiger partial charge in [-0.1, -0.05) is 24.3 Å². The molecule has 7 nitrogen and oxygen atoms in total. The minimum absolute atomic E-state index is 0.0448. The standard InChI is InChI=1S/C20H21N5O2/c1-24(2)20(27)18-9-3-15(4-10-18)11-22-19(26)17-7-5-16(6-8-17)12-25-14-21-13-23-25/h3-10,13-14H,11-12H2,1-2H3,(H,22,26). The van der Waals surface area contributed by atoms with Crippen LogP contribution in [0.15, 0.2) is 61.2 Å². The van der Waals surface area contributed by atoms with Gasteiger partial charge >= 0.3 is 0 Å². The summed E-state index contributed by atoms with van der Waals surface area (Å²) in [5.74, 6) is -0.188. The van der Waals surface area contributed by atoms with E-state index in [1.807, 2.05) is 24.3 Å². The van der Waals surface area contributed by atoms with E-state index < -0.39 is 0 Å². The molecule has 0 unspecified atom stereocenters. The molecule has 0 bridgehead atoms. The van der Waals surface area contributed by atoms with Gasteiger partial charge < -0.3 is 10.2 Å². The van der Waals surface area contributed by atoms with Crippen LogP contribution in [0.5, 0.6) is 0 Å². The molecule has 0 atom stereocenters. The number of aromatic nitrogens is 3. The zero-order valence-corrected chi connectivity index (χ0v) is 15.3. The van der Waals surface area contributed by atoms with Gasteiger partial charge in [-0.05, 0) is 35.4 Å². The highest BCUT2D eigenvalue weighted by atomic mass is 16.2. The Morgan fingerprint density at radius 2 is 1.59 bits per heavy atom. The van der Waals surface area contributed by atoms with Crippen molar-refractivity contribution in [2.45, 2.75) is 13.1 Å². The molecule has 138 valence electrons. The van der Waals surface area contributed by atoms with Crippen LogP contribution >= 0.6 is 0 Å². The summed E-state index contributed by atoms with van der Waals surface area (Å²) in [4.78, 5) is 29.6. The summed E-state index contributed by atoms with van der Waals surface area (Å²) < 4.78 is 1.72.